The number of nitrogens with zero attached hydrogens (tertiary/aromatic N) is 2. The summed E-state index contributed by atoms with van der Waals surface area (Å²) >= 11 is 0. The number of benzene rings is 1. The van der Waals surface area contributed by atoms with Crippen LogP contribution >= 0.6 is 0 Å². The fourth-order valence-corrected chi connectivity index (χ4v) is 3.30. The predicted molar refractivity (Wildman–Crippen MR) is 103 cm³/mol. The highest BCUT2D eigenvalue weighted by atomic mass is 16.5. The van der Waals surface area contributed by atoms with Crippen LogP contribution in [0.3, 0.4) is 0 Å². The van der Waals surface area contributed by atoms with E-state index >= 15 is 0 Å². The molecular formula is C21H27N3O2. The first-order chi connectivity index (χ1) is 12.4. The number of morpholine rings is 1. The Bertz CT molecular complexity index is 789. The maximum Gasteiger partial charge on any atom is 0.252 e. The molecule has 1 fully saturated rings. The first-order valence-electron chi connectivity index (χ1n) is 9.10. The molecule has 1 saturated heterocycles. The Kier molecular flexibility index (Phi) is 5.28. The molecular weight excluding hydrogens is 326 g/mol. The van der Waals surface area contributed by atoms with Gasteiger partial charge in [-0.1, -0.05) is 44.2 Å². The summed E-state index contributed by atoms with van der Waals surface area (Å²) in [5.74, 6) is 0.572. The van der Waals surface area contributed by atoms with Crippen LogP contribution in [0.1, 0.15) is 47.1 Å². The van der Waals surface area contributed by atoms with Crippen molar-refractivity contribution < 1.29 is 9.53 Å². The zero-order chi connectivity index (χ0) is 18.8. The molecule has 1 aliphatic heterocycles. The highest BCUT2D eigenvalue weighted by Crippen LogP contribution is 2.32. The van der Waals surface area contributed by atoms with Crippen LogP contribution < -0.4 is 10.6 Å². The molecule has 0 spiro atoms. The van der Waals surface area contributed by atoms with Crippen molar-refractivity contribution in [1.82, 2.24) is 4.98 Å². The summed E-state index contributed by atoms with van der Waals surface area (Å²) in [7, 11) is 0. The SMILES string of the molecule is Cc1cc(C(N)=O)c(N2C[C@@H](c3ccccc3)O[C@@H](C(C)C)C2)nc1C. The molecule has 1 aromatic heterocycles. The van der Waals surface area contributed by atoms with E-state index in [0.717, 1.165) is 16.8 Å². The lowest BCUT2D eigenvalue weighted by molar-refractivity contribution is -0.0501. The lowest BCUT2D eigenvalue weighted by Crippen LogP contribution is -2.47. The van der Waals surface area contributed by atoms with Gasteiger partial charge < -0.3 is 15.4 Å². The van der Waals surface area contributed by atoms with Gasteiger partial charge >= 0.3 is 0 Å². The van der Waals surface area contributed by atoms with Crippen molar-refractivity contribution in [2.24, 2.45) is 11.7 Å². The van der Waals surface area contributed by atoms with Crippen LogP contribution in [0.2, 0.25) is 0 Å². The van der Waals surface area contributed by atoms with Gasteiger partial charge in [-0.3, -0.25) is 4.79 Å². The van der Waals surface area contributed by atoms with Crippen LogP contribution in [0.4, 0.5) is 5.82 Å². The van der Waals surface area contributed by atoms with Gasteiger partial charge in [0, 0.05) is 18.8 Å². The van der Waals surface area contributed by atoms with E-state index in [1.807, 2.05) is 38.1 Å². The van der Waals surface area contributed by atoms with E-state index in [-0.39, 0.29) is 12.2 Å². The molecule has 0 bridgehead atoms. The third-order valence-corrected chi connectivity index (χ3v) is 5.05. The molecule has 0 radical (unpaired) electrons. The molecule has 0 saturated carbocycles. The Hall–Kier alpha value is -2.40. The third kappa shape index (κ3) is 3.73. The van der Waals surface area contributed by atoms with Gasteiger partial charge in [-0.25, -0.2) is 4.98 Å². The summed E-state index contributed by atoms with van der Waals surface area (Å²) in [5, 5.41) is 0. The van der Waals surface area contributed by atoms with Gasteiger partial charge in [-0.05, 0) is 37.0 Å². The number of amides is 1. The summed E-state index contributed by atoms with van der Waals surface area (Å²) in [6.07, 6.45) is -0.0143. The second-order valence-corrected chi connectivity index (χ2v) is 7.35. The Morgan fingerprint density at radius 2 is 1.92 bits per heavy atom. The van der Waals surface area contributed by atoms with Crippen molar-refractivity contribution in [3.63, 3.8) is 0 Å². The molecule has 26 heavy (non-hydrogen) atoms. The molecule has 2 atom stereocenters. The number of rotatable bonds is 4. The Balaban J connectivity index is 2.01. The summed E-state index contributed by atoms with van der Waals surface area (Å²) in [6.45, 7) is 9.54. The Labute approximate surface area is 155 Å². The van der Waals surface area contributed by atoms with Crippen molar-refractivity contribution in [1.29, 1.82) is 0 Å². The highest BCUT2D eigenvalue weighted by Gasteiger charge is 2.33. The van der Waals surface area contributed by atoms with E-state index in [0.29, 0.717) is 30.4 Å². The first kappa shape index (κ1) is 18.4. The number of hydrogen-bond donors (Lipinski definition) is 1. The summed E-state index contributed by atoms with van der Waals surface area (Å²) in [6, 6.07) is 12.0. The van der Waals surface area contributed by atoms with Crippen LogP contribution in [0.15, 0.2) is 36.4 Å². The number of primary amides is 1. The van der Waals surface area contributed by atoms with Crippen LogP contribution in [0.25, 0.3) is 0 Å². The zero-order valence-corrected chi connectivity index (χ0v) is 15.9. The number of ether oxygens (including phenoxy) is 1. The molecule has 138 valence electrons. The minimum atomic E-state index is -0.445. The van der Waals surface area contributed by atoms with Gasteiger partial charge in [-0.2, -0.15) is 0 Å². The van der Waals surface area contributed by atoms with Gasteiger partial charge in [0.15, 0.2) is 0 Å². The number of aromatic nitrogens is 1. The van der Waals surface area contributed by atoms with Crippen molar-refractivity contribution in [2.75, 3.05) is 18.0 Å². The number of anilines is 1. The Morgan fingerprint density at radius 1 is 1.23 bits per heavy atom. The number of pyridine rings is 1. The molecule has 1 amide bonds. The van der Waals surface area contributed by atoms with Gasteiger partial charge in [-0.15, -0.1) is 0 Å². The molecule has 5 heteroatoms. The quantitative estimate of drug-likeness (QED) is 0.915. The van der Waals surface area contributed by atoms with E-state index in [9.17, 15) is 4.79 Å². The van der Waals surface area contributed by atoms with Crippen LogP contribution in [-0.4, -0.2) is 30.1 Å². The van der Waals surface area contributed by atoms with Crippen molar-refractivity contribution in [2.45, 2.75) is 39.9 Å². The fourth-order valence-electron chi connectivity index (χ4n) is 3.30. The summed E-state index contributed by atoms with van der Waals surface area (Å²) in [5.41, 5.74) is 9.13. The molecule has 2 heterocycles. The molecule has 2 aromatic rings. The van der Waals surface area contributed by atoms with Gasteiger partial charge in [0.25, 0.3) is 5.91 Å². The van der Waals surface area contributed by atoms with Gasteiger partial charge in [0.1, 0.15) is 11.9 Å². The summed E-state index contributed by atoms with van der Waals surface area (Å²) in [4.78, 5) is 18.9. The van der Waals surface area contributed by atoms with E-state index in [1.165, 1.54) is 0 Å². The third-order valence-electron chi connectivity index (χ3n) is 5.05. The van der Waals surface area contributed by atoms with Gasteiger partial charge in [0.05, 0.1) is 11.7 Å². The van der Waals surface area contributed by atoms with Crippen molar-refractivity contribution >= 4 is 11.7 Å². The standard InChI is InChI=1S/C21H27N3O2/c1-13(2)18-11-24(12-19(26-18)16-8-6-5-7-9-16)21-17(20(22)25)10-14(3)15(4)23-21/h5-10,13,18-19H,11-12H2,1-4H3,(H2,22,25)/t18-,19+/m1/s1. The smallest absolute Gasteiger partial charge is 0.252 e. The normalized spacial score (nSPS) is 20.4. The molecule has 0 unspecified atom stereocenters. The fraction of sp³-hybridized carbons (Fsp3) is 0.429. The van der Waals surface area contributed by atoms with Crippen LogP contribution in [0, 0.1) is 19.8 Å². The van der Waals surface area contributed by atoms with E-state index in [2.05, 4.69) is 30.9 Å². The lowest BCUT2D eigenvalue weighted by Gasteiger charge is -2.41. The molecule has 5 nitrogen and oxygen atoms in total. The average Bonchev–Trinajstić information content (AvgIpc) is 2.63. The van der Waals surface area contributed by atoms with E-state index < -0.39 is 5.91 Å². The highest BCUT2D eigenvalue weighted by molar-refractivity contribution is 5.98. The minimum Gasteiger partial charge on any atom is -0.366 e. The Morgan fingerprint density at radius 3 is 2.54 bits per heavy atom. The maximum absolute atomic E-state index is 12.0. The molecule has 1 aliphatic rings. The van der Waals surface area contributed by atoms with Gasteiger partial charge in [0.2, 0.25) is 0 Å². The van der Waals surface area contributed by atoms with Crippen LogP contribution in [0.5, 0.6) is 0 Å². The maximum atomic E-state index is 12.0. The second kappa shape index (κ2) is 7.46. The first-order valence-corrected chi connectivity index (χ1v) is 9.10. The summed E-state index contributed by atoms with van der Waals surface area (Å²) < 4.78 is 6.35. The van der Waals surface area contributed by atoms with E-state index in [4.69, 9.17) is 15.5 Å². The second-order valence-electron chi connectivity index (χ2n) is 7.35. The molecule has 0 aliphatic carbocycles. The number of carbonyl (C=O) groups excluding carboxylic acids is 1. The van der Waals surface area contributed by atoms with Crippen molar-refractivity contribution in [3.05, 3.63) is 58.8 Å². The topological polar surface area (TPSA) is 68.5 Å². The van der Waals surface area contributed by atoms with E-state index in [1.54, 1.807) is 0 Å². The molecule has 2 N–H and O–H groups in total. The van der Waals surface area contributed by atoms with Crippen LogP contribution in [-0.2, 0) is 4.74 Å². The predicted octanol–water partition coefficient (Wildman–Crippen LogP) is 3.40. The number of nitrogens with two attached hydrogens (primary N) is 1. The number of carbonyl (C=O) groups is 1. The monoisotopic (exact) mass is 353 g/mol. The van der Waals surface area contributed by atoms with Crippen molar-refractivity contribution in [3.8, 4) is 0 Å². The zero-order valence-electron chi connectivity index (χ0n) is 15.9. The largest absolute Gasteiger partial charge is 0.366 e. The number of hydrogen-bond acceptors (Lipinski definition) is 4. The molecule has 1 aromatic carbocycles. The number of aryl methyl sites for hydroxylation is 2. The average molecular weight is 353 g/mol. The molecule has 3 rings (SSSR count). The lowest BCUT2D eigenvalue weighted by atomic mass is 10.0. The minimum absolute atomic E-state index is 0.0538.